The number of halogens is 1. The lowest BCUT2D eigenvalue weighted by molar-refractivity contribution is 0.0519. The summed E-state index contributed by atoms with van der Waals surface area (Å²) in [5.41, 5.74) is -0.610. The van der Waals surface area contributed by atoms with E-state index in [2.05, 4.69) is 5.10 Å². The van der Waals surface area contributed by atoms with Gasteiger partial charge in [-0.25, -0.2) is 9.48 Å². The van der Waals surface area contributed by atoms with Crippen molar-refractivity contribution in [3.05, 3.63) is 17.7 Å². The van der Waals surface area contributed by atoms with Gasteiger partial charge in [-0.15, -0.1) is 0 Å². The number of carbonyl (C=O) groups is 1. The molecule has 15 heavy (non-hydrogen) atoms. The Hall–Kier alpha value is -1.39. The molecule has 0 aliphatic heterocycles. The summed E-state index contributed by atoms with van der Waals surface area (Å²) < 4.78 is 19.6. The number of rotatable bonds is 2. The number of carbonyl (C=O) groups excluding carboxylic acids is 1. The first-order valence-corrected chi connectivity index (χ1v) is 4.79. The van der Waals surface area contributed by atoms with Crippen LogP contribution in [0, 0.1) is 5.95 Å². The van der Waals surface area contributed by atoms with Crippen molar-refractivity contribution in [2.45, 2.75) is 33.2 Å². The van der Waals surface area contributed by atoms with Crippen LogP contribution in [0.15, 0.2) is 6.20 Å². The van der Waals surface area contributed by atoms with Crippen molar-refractivity contribution >= 4 is 5.97 Å². The van der Waals surface area contributed by atoms with Gasteiger partial charge in [-0.05, 0) is 27.7 Å². The molecule has 0 aromatic carbocycles. The van der Waals surface area contributed by atoms with Gasteiger partial charge in [0.1, 0.15) is 5.56 Å². The van der Waals surface area contributed by atoms with Crippen LogP contribution in [-0.2, 0) is 10.3 Å². The quantitative estimate of drug-likeness (QED) is 0.707. The molecule has 0 spiro atoms. The Morgan fingerprint density at radius 3 is 2.60 bits per heavy atom. The Morgan fingerprint density at radius 1 is 1.60 bits per heavy atom. The summed E-state index contributed by atoms with van der Waals surface area (Å²) in [5, 5.41) is 3.83. The van der Waals surface area contributed by atoms with Crippen molar-refractivity contribution < 1.29 is 13.9 Å². The zero-order chi connectivity index (χ0) is 11.6. The van der Waals surface area contributed by atoms with Crippen molar-refractivity contribution in [1.29, 1.82) is 0 Å². The van der Waals surface area contributed by atoms with Crippen LogP contribution >= 0.6 is 0 Å². The molecule has 0 saturated carbocycles. The molecule has 1 heterocycles. The average molecular weight is 214 g/mol. The van der Waals surface area contributed by atoms with Gasteiger partial charge in [-0.2, -0.15) is 9.49 Å². The fraction of sp³-hybridized carbons (Fsp3) is 0.600. The SMILES string of the molecule is CCOC(=O)c1cnn(C(C)(C)C)c1F. The molecule has 1 aromatic rings. The molecule has 0 radical (unpaired) electrons. The highest BCUT2D eigenvalue weighted by Crippen LogP contribution is 2.18. The molecule has 0 N–H and O–H groups in total. The van der Waals surface area contributed by atoms with Gasteiger partial charge in [0.05, 0.1) is 18.3 Å². The summed E-state index contributed by atoms with van der Waals surface area (Å²) in [6, 6.07) is 0. The maximum Gasteiger partial charge on any atom is 0.344 e. The predicted octanol–water partition coefficient (Wildman–Crippen LogP) is 1.95. The van der Waals surface area contributed by atoms with Crippen LogP contribution in [0.2, 0.25) is 0 Å². The summed E-state index contributed by atoms with van der Waals surface area (Å²) in [5.74, 6) is -1.33. The normalized spacial score (nSPS) is 11.5. The van der Waals surface area contributed by atoms with Crippen LogP contribution in [0.3, 0.4) is 0 Å². The van der Waals surface area contributed by atoms with Crippen LogP contribution < -0.4 is 0 Å². The van der Waals surface area contributed by atoms with E-state index in [0.717, 1.165) is 0 Å². The molecule has 84 valence electrons. The van der Waals surface area contributed by atoms with Crippen LogP contribution in [0.25, 0.3) is 0 Å². The zero-order valence-electron chi connectivity index (χ0n) is 9.37. The third kappa shape index (κ3) is 2.34. The Bertz CT molecular complexity index is 366. The van der Waals surface area contributed by atoms with Gasteiger partial charge in [0.25, 0.3) is 0 Å². The first kappa shape index (κ1) is 11.7. The zero-order valence-corrected chi connectivity index (χ0v) is 9.37. The van der Waals surface area contributed by atoms with E-state index >= 15 is 0 Å². The van der Waals surface area contributed by atoms with Gasteiger partial charge in [-0.3, -0.25) is 0 Å². The first-order valence-electron chi connectivity index (χ1n) is 4.79. The first-order chi connectivity index (χ1) is 6.88. The minimum atomic E-state index is -0.675. The van der Waals surface area contributed by atoms with E-state index in [-0.39, 0.29) is 12.2 Å². The average Bonchev–Trinajstić information content (AvgIpc) is 2.46. The van der Waals surface area contributed by atoms with Gasteiger partial charge >= 0.3 is 5.97 Å². The van der Waals surface area contributed by atoms with E-state index in [9.17, 15) is 9.18 Å². The second-order valence-electron chi connectivity index (χ2n) is 4.15. The van der Waals surface area contributed by atoms with Gasteiger partial charge in [0.2, 0.25) is 5.95 Å². The number of hydrogen-bond acceptors (Lipinski definition) is 3. The fourth-order valence-corrected chi connectivity index (χ4v) is 1.15. The second kappa shape index (κ2) is 4.00. The van der Waals surface area contributed by atoms with Crippen LogP contribution in [0.4, 0.5) is 4.39 Å². The van der Waals surface area contributed by atoms with Crippen LogP contribution in [0.1, 0.15) is 38.1 Å². The Labute approximate surface area is 88.0 Å². The summed E-state index contributed by atoms with van der Waals surface area (Å²) in [6.07, 6.45) is 1.19. The summed E-state index contributed by atoms with van der Waals surface area (Å²) in [7, 11) is 0. The molecule has 0 atom stereocenters. The Kier molecular flexibility index (Phi) is 3.12. The lowest BCUT2D eigenvalue weighted by Gasteiger charge is -2.19. The van der Waals surface area contributed by atoms with E-state index in [1.807, 2.05) is 0 Å². The molecule has 0 fully saturated rings. The molecule has 0 amide bonds. The fourth-order valence-electron chi connectivity index (χ4n) is 1.15. The van der Waals surface area contributed by atoms with Gasteiger partial charge in [0.15, 0.2) is 0 Å². The highest BCUT2D eigenvalue weighted by Gasteiger charge is 2.24. The van der Waals surface area contributed by atoms with Crippen LogP contribution in [0.5, 0.6) is 0 Å². The van der Waals surface area contributed by atoms with E-state index in [1.165, 1.54) is 10.9 Å². The Morgan fingerprint density at radius 2 is 2.20 bits per heavy atom. The minimum Gasteiger partial charge on any atom is -0.462 e. The molecule has 4 nitrogen and oxygen atoms in total. The van der Waals surface area contributed by atoms with Gasteiger partial charge in [0, 0.05) is 0 Å². The molecular formula is C10H15FN2O2. The largest absolute Gasteiger partial charge is 0.462 e. The number of aromatic nitrogens is 2. The van der Waals surface area contributed by atoms with Crippen molar-refractivity contribution in [3.63, 3.8) is 0 Å². The van der Waals surface area contributed by atoms with Crippen molar-refractivity contribution in [2.75, 3.05) is 6.61 Å². The molecule has 1 aromatic heterocycles. The maximum atomic E-state index is 13.7. The van der Waals surface area contributed by atoms with E-state index in [0.29, 0.717) is 0 Å². The molecule has 1 rings (SSSR count). The lowest BCUT2D eigenvalue weighted by Crippen LogP contribution is -2.25. The number of ether oxygens (including phenoxy) is 1. The summed E-state index contributed by atoms with van der Waals surface area (Å²) in [4.78, 5) is 11.3. The third-order valence-corrected chi connectivity index (χ3v) is 1.84. The smallest absolute Gasteiger partial charge is 0.344 e. The Balaban J connectivity index is 3.04. The minimum absolute atomic E-state index is 0.119. The molecule has 0 aliphatic carbocycles. The monoisotopic (exact) mass is 214 g/mol. The van der Waals surface area contributed by atoms with Crippen molar-refractivity contribution in [2.24, 2.45) is 0 Å². The summed E-state index contributed by atoms with van der Waals surface area (Å²) >= 11 is 0. The third-order valence-electron chi connectivity index (χ3n) is 1.84. The number of hydrogen-bond donors (Lipinski definition) is 0. The lowest BCUT2D eigenvalue weighted by atomic mass is 10.1. The van der Waals surface area contributed by atoms with E-state index in [1.54, 1.807) is 27.7 Å². The topological polar surface area (TPSA) is 44.1 Å². The maximum absolute atomic E-state index is 13.7. The van der Waals surface area contributed by atoms with Gasteiger partial charge < -0.3 is 4.74 Å². The molecule has 0 saturated heterocycles. The van der Waals surface area contributed by atoms with E-state index in [4.69, 9.17) is 4.74 Å². The van der Waals surface area contributed by atoms with Crippen molar-refractivity contribution in [1.82, 2.24) is 9.78 Å². The van der Waals surface area contributed by atoms with Crippen molar-refractivity contribution in [3.8, 4) is 0 Å². The molecule has 0 aliphatic rings. The predicted molar refractivity (Wildman–Crippen MR) is 53.1 cm³/mol. The highest BCUT2D eigenvalue weighted by atomic mass is 19.1. The second-order valence-corrected chi connectivity index (χ2v) is 4.15. The highest BCUT2D eigenvalue weighted by molar-refractivity contribution is 5.89. The molecule has 0 bridgehead atoms. The van der Waals surface area contributed by atoms with E-state index < -0.39 is 17.5 Å². The van der Waals surface area contributed by atoms with Crippen LogP contribution in [-0.4, -0.2) is 22.4 Å². The number of esters is 1. The molecule has 0 unspecified atom stereocenters. The number of nitrogens with zero attached hydrogens (tertiary/aromatic N) is 2. The molecule has 5 heteroatoms. The standard InChI is InChI=1S/C10H15FN2O2/c1-5-15-9(14)7-6-12-13(8(7)11)10(2,3)4/h6H,5H2,1-4H3. The van der Waals surface area contributed by atoms with Gasteiger partial charge in [-0.1, -0.05) is 0 Å². The molecular weight excluding hydrogens is 199 g/mol. The summed E-state index contributed by atoms with van der Waals surface area (Å²) in [6.45, 7) is 7.30.